The van der Waals surface area contributed by atoms with E-state index in [-0.39, 0.29) is 5.56 Å². The Morgan fingerprint density at radius 1 is 1.56 bits per heavy atom. The van der Waals surface area contributed by atoms with E-state index in [2.05, 4.69) is 15.3 Å². The van der Waals surface area contributed by atoms with E-state index in [1.807, 2.05) is 13.8 Å². The molecule has 1 rings (SSSR count). The molecule has 1 aromatic rings. The van der Waals surface area contributed by atoms with Crippen LogP contribution in [0.4, 0.5) is 5.82 Å². The molecule has 0 spiro atoms. The molecular formula is C11H19N3O2. The fourth-order valence-corrected chi connectivity index (χ4v) is 1.42. The Morgan fingerprint density at radius 2 is 2.31 bits per heavy atom. The molecule has 16 heavy (non-hydrogen) atoms. The van der Waals surface area contributed by atoms with Gasteiger partial charge in [0.05, 0.1) is 6.10 Å². The highest BCUT2D eigenvalue weighted by atomic mass is 16.3. The number of aliphatic hydroxyl groups is 1. The first-order valence-corrected chi connectivity index (χ1v) is 5.67. The number of aromatic amines is 1. The highest BCUT2D eigenvalue weighted by Crippen LogP contribution is 2.02. The maximum absolute atomic E-state index is 11.2. The third-order valence-corrected chi connectivity index (χ3v) is 2.27. The Kier molecular flexibility index (Phi) is 4.98. The SMILES string of the molecule is CCCC(O)CNc1cc(=O)[nH]c(CC)n1. The summed E-state index contributed by atoms with van der Waals surface area (Å²) in [5.41, 5.74) is -0.167. The molecule has 90 valence electrons. The second-order valence-corrected chi connectivity index (χ2v) is 3.75. The van der Waals surface area contributed by atoms with Crippen LogP contribution in [-0.4, -0.2) is 27.7 Å². The smallest absolute Gasteiger partial charge is 0.252 e. The molecule has 0 bridgehead atoms. The van der Waals surface area contributed by atoms with Crippen LogP contribution in [0.1, 0.15) is 32.5 Å². The number of nitrogens with zero attached hydrogens (tertiary/aromatic N) is 1. The molecule has 0 saturated carbocycles. The topological polar surface area (TPSA) is 78.0 Å². The Hall–Kier alpha value is -1.36. The zero-order valence-corrected chi connectivity index (χ0v) is 9.79. The molecule has 0 aromatic carbocycles. The Bertz CT molecular complexity index is 376. The van der Waals surface area contributed by atoms with E-state index in [9.17, 15) is 9.90 Å². The predicted octanol–water partition coefficient (Wildman–Crippen LogP) is 0.905. The van der Waals surface area contributed by atoms with Gasteiger partial charge in [0.2, 0.25) is 0 Å². The van der Waals surface area contributed by atoms with Gasteiger partial charge in [-0.05, 0) is 6.42 Å². The van der Waals surface area contributed by atoms with Crippen molar-refractivity contribution in [3.63, 3.8) is 0 Å². The van der Waals surface area contributed by atoms with Crippen LogP contribution in [0.3, 0.4) is 0 Å². The molecule has 0 amide bonds. The van der Waals surface area contributed by atoms with Gasteiger partial charge in [0.15, 0.2) is 0 Å². The first kappa shape index (κ1) is 12.7. The van der Waals surface area contributed by atoms with Gasteiger partial charge in [-0.3, -0.25) is 4.79 Å². The summed E-state index contributed by atoms with van der Waals surface area (Å²) in [5.74, 6) is 1.18. The largest absolute Gasteiger partial charge is 0.391 e. The fraction of sp³-hybridized carbons (Fsp3) is 0.636. The summed E-state index contributed by atoms with van der Waals surface area (Å²) in [6.07, 6.45) is 1.97. The maximum atomic E-state index is 11.2. The van der Waals surface area contributed by atoms with Crippen molar-refractivity contribution < 1.29 is 5.11 Å². The van der Waals surface area contributed by atoms with E-state index in [4.69, 9.17) is 0 Å². The number of hydrogen-bond donors (Lipinski definition) is 3. The lowest BCUT2D eigenvalue weighted by atomic mass is 10.2. The highest BCUT2D eigenvalue weighted by Gasteiger charge is 2.04. The fourth-order valence-electron chi connectivity index (χ4n) is 1.42. The van der Waals surface area contributed by atoms with Crippen LogP contribution in [0, 0.1) is 0 Å². The molecule has 0 aliphatic carbocycles. The zero-order valence-electron chi connectivity index (χ0n) is 9.79. The van der Waals surface area contributed by atoms with Gasteiger partial charge in [-0.25, -0.2) is 4.98 Å². The lowest BCUT2D eigenvalue weighted by Gasteiger charge is -2.11. The number of aliphatic hydroxyl groups excluding tert-OH is 1. The van der Waals surface area contributed by atoms with Crippen LogP contribution in [0.25, 0.3) is 0 Å². The zero-order chi connectivity index (χ0) is 12.0. The summed E-state index contributed by atoms with van der Waals surface area (Å²) in [5, 5.41) is 12.5. The quantitative estimate of drug-likeness (QED) is 0.672. The number of aryl methyl sites for hydroxylation is 1. The van der Waals surface area contributed by atoms with Crippen LogP contribution in [-0.2, 0) is 6.42 Å². The Morgan fingerprint density at radius 3 is 2.94 bits per heavy atom. The first-order valence-electron chi connectivity index (χ1n) is 5.67. The molecule has 1 aromatic heterocycles. The van der Waals surface area contributed by atoms with E-state index in [1.54, 1.807) is 0 Å². The normalized spacial score (nSPS) is 12.4. The molecule has 1 unspecified atom stereocenters. The van der Waals surface area contributed by atoms with Crippen LogP contribution >= 0.6 is 0 Å². The van der Waals surface area contributed by atoms with Crippen molar-refractivity contribution in [3.8, 4) is 0 Å². The summed E-state index contributed by atoms with van der Waals surface area (Å²) in [4.78, 5) is 18.1. The third kappa shape index (κ3) is 4.02. The third-order valence-electron chi connectivity index (χ3n) is 2.27. The van der Waals surface area contributed by atoms with Gasteiger partial charge < -0.3 is 15.4 Å². The van der Waals surface area contributed by atoms with Crippen LogP contribution in [0.5, 0.6) is 0 Å². The minimum absolute atomic E-state index is 0.167. The second-order valence-electron chi connectivity index (χ2n) is 3.75. The van der Waals surface area contributed by atoms with Crippen molar-refractivity contribution in [2.24, 2.45) is 0 Å². The van der Waals surface area contributed by atoms with E-state index in [1.165, 1.54) is 6.07 Å². The van der Waals surface area contributed by atoms with E-state index in [0.717, 1.165) is 12.8 Å². The van der Waals surface area contributed by atoms with Crippen LogP contribution < -0.4 is 10.9 Å². The summed E-state index contributed by atoms with van der Waals surface area (Å²) < 4.78 is 0. The number of aromatic nitrogens is 2. The van der Waals surface area contributed by atoms with Gasteiger partial charge in [-0.2, -0.15) is 0 Å². The second kappa shape index (κ2) is 6.27. The Balaban J connectivity index is 2.59. The summed E-state index contributed by atoms with van der Waals surface area (Å²) in [6, 6.07) is 1.40. The van der Waals surface area contributed by atoms with Crippen molar-refractivity contribution in [2.45, 2.75) is 39.2 Å². The number of nitrogens with one attached hydrogen (secondary N) is 2. The van der Waals surface area contributed by atoms with Crippen LogP contribution in [0.2, 0.25) is 0 Å². The number of H-pyrrole nitrogens is 1. The minimum atomic E-state index is -0.392. The molecule has 3 N–H and O–H groups in total. The summed E-state index contributed by atoms with van der Waals surface area (Å²) in [6.45, 7) is 4.37. The summed E-state index contributed by atoms with van der Waals surface area (Å²) >= 11 is 0. The van der Waals surface area contributed by atoms with E-state index in [0.29, 0.717) is 24.6 Å². The van der Waals surface area contributed by atoms with Gasteiger partial charge in [-0.15, -0.1) is 0 Å². The standard InChI is InChI=1S/C11H19N3O2/c1-3-5-8(15)7-12-10-6-11(16)14-9(4-2)13-10/h6,8,15H,3-5,7H2,1-2H3,(H2,12,13,14,16). The predicted molar refractivity (Wildman–Crippen MR) is 63.6 cm³/mol. The highest BCUT2D eigenvalue weighted by molar-refractivity contribution is 5.32. The lowest BCUT2D eigenvalue weighted by Crippen LogP contribution is -2.21. The molecule has 0 radical (unpaired) electrons. The van der Waals surface area contributed by atoms with Crippen molar-refractivity contribution >= 4 is 5.82 Å². The van der Waals surface area contributed by atoms with Crippen LogP contribution in [0.15, 0.2) is 10.9 Å². The van der Waals surface area contributed by atoms with Gasteiger partial charge in [0, 0.05) is 19.0 Å². The Labute approximate surface area is 94.9 Å². The number of rotatable bonds is 6. The first-order chi connectivity index (χ1) is 7.65. The average Bonchev–Trinajstić information content (AvgIpc) is 2.26. The van der Waals surface area contributed by atoms with E-state index >= 15 is 0 Å². The molecule has 0 fully saturated rings. The van der Waals surface area contributed by atoms with Crippen molar-refractivity contribution in [2.75, 3.05) is 11.9 Å². The van der Waals surface area contributed by atoms with Crippen molar-refractivity contribution in [3.05, 3.63) is 22.2 Å². The number of anilines is 1. The molecule has 0 aliphatic heterocycles. The van der Waals surface area contributed by atoms with Crippen molar-refractivity contribution in [1.29, 1.82) is 0 Å². The number of hydrogen-bond acceptors (Lipinski definition) is 4. The van der Waals surface area contributed by atoms with Gasteiger partial charge >= 0.3 is 0 Å². The molecule has 0 aliphatic rings. The van der Waals surface area contributed by atoms with Gasteiger partial charge in [0.1, 0.15) is 11.6 Å². The molecule has 0 saturated heterocycles. The maximum Gasteiger partial charge on any atom is 0.252 e. The lowest BCUT2D eigenvalue weighted by molar-refractivity contribution is 0.176. The molecular weight excluding hydrogens is 206 g/mol. The average molecular weight is 225 g/mol. The molecule has 5 heteroatoms. The van der Waals surface area contributed by atoms with Gasteiger partial charge in [-0.1, -0.05) is 20.3 Å². The summed E-state index contributed by atoms with van der Waals surface area (Å²) in [7, 11) is 0. The molecule has 5 nitrogen and oxygen atoms in total. The molecule has 1 heterocycles. The molecule has 1 atom stereocenters. The van der Waals surface area contributed by atoms with Crippen molar-refractivity contribution in [1.82, 2.24) is 9.97 Å². The van der Waals surface area contributed by atoms with E-state index < -0.39 is 6.10 Å². The van der Waals surface area contributed by atoms with Gasteiger partial charge in [0.25, 0.3) is 5.56 Å². The minimum Gasteiger partial charge on any atom is -0.391 e. The monoisotopic (exact) mass is 225 g/mol.